The number of aromatic nitrogens is 2. The maximum absolute atomic E-state index is 12.5. The molecule has 0 spiro atoms. The molecule has 2 heterocycles. The Bertz CT molecular complexity index is 1010. The second-order valence-electron chi connectivity index (χ2n) is 5.04. The molecule has 2 amide bonds. The van der Waals surface area contributed by atoms with E-state index in [0.717, 1.165) is 11.0 Å². The molecule has 0 bridgehead atoms. The molecule has 4 rings (SSSR count). The highest BCUT2D eigenvalue weighted by Gasteiger charge is 2.37. The third-order valence-corrected chi connectivity index (χ3v) is 3.74. The van der Waals surface area contributed by atoms with Crippen molar-refractivity contribution in [1.29, 1.82) is 0 Å². The van der Waals surface area contributed by atoms with Gasteiger partial charge in [-0.2, -0.15) is 0 Å². The summed E-state index contributed by atoms with van der Waals surface area (Å²) in [6, 6.07) is 8.59. The topological polar surface area (TPSA) is 109 Å². The molecule has 8 nitrogen and oxygen atoms in total. The van der Waals surface area contributed by atoms with Gasteiger partial charge in [0.25, 0.3) is 17.5 Å². The first-order chi connectivity index (χ1) is 11.1. The van der Waals surface area contributed by atoms with Crippen molar-refractivity contribution in [2.24, 2.45) is 0 Å². The minimum Gasteiger partial charge on any atom is -0.345 e. The van der Waals surface area contributed by atoms with Crippen LogP contribution in [0.4, 0.5) is 11.4 Å². The summed E-state index contributed by atoms with van der Waals surface area (Å²) < 4.78 is 0. The Hall–Kier alpha value is -3.55. The number of hydrogen-bond acceptors (Lipinski definition) is 5. The number of hydrogen-bond donors (Lipinski definition) is 1. The van der Waals surface area contributed by atoms with E-state index in [1.54, 1.807) is 18.2 Å². The van der Waals surface area contributed by atoms with E-state index in [-0.39, 0.29) is 16.8 Å². The van der Waals surface area contributed by atoms with Crippen LogP contribution in [0.5, 0.6) is 0 Å². The maximum atomic E-state index is 12.5. The highest BCUT2D eigenvalue weighted by molar-refractivity contribution is 6.34. The summed E-state index contributed by atoms with van der Waals surface area (Å²) in [6.45, 7) is 0. The van der Waals surface area contributed by atoms with Crippen LogP contribution in [0.3, 0.4) is 0 Å². The van der Waals surface area contributed by atoms with Gasteiger partial charge in [0.2, 0.25) is 0 Å². The Morgan fingerprint density at radius 1 is 1.04 bits per heavy atom. The van der Waals surface area contributed by atoms with Crippen molar-refractivity contribution < 1.29 is 14.5 Å². The highest BCUT2D eigenvalue weighted by Crippen LogP contribution is 2.31. The van der Waals surface area contributed by atoms with Gasteiger partial charge in [-0.3, -0.25) is 19.7 Å². The van der Waals surface area contributed by atoms with E-state index in [9.17, 15) is 19.7 Å². The number of non-ortho nitro benzene ring substituents is 1. The van der Waals surface area contributed by atoms with Gasteiger partial charge in [-0.1, -0.05) is 0 Å². The predicted octanol–water partition coefficient (Wildman–Crippen LogP) is 2.27. The smallest absolute Gasteiger partial charge is 0.270 e. The zero-order chi connectivity index (χ0) is 16.1. The summed E-state index contributed by atoms with van der Waals surface area (Å²) in [4.78, 5) is 43.2. The van der Waals surface area contributed by atoms with Crippen molar-refractivity contribution in [2.75, 3.05) is 4.90 Å². The number of nitro groups is 1. The van der Waals surface area contributed by atoms with Gasteiger partial charge < -0.3 is 4.98 Å². The van der Waals surface area contributed by atoms with E-state index in [0.29, 0.717) is 16.7 Å². The van der Waals surface area contributed by atoms with Crippen LogP contribution in [0.15, 0.2) is 42.7 Å². The molecule has 0 saturated carbocycles. The fourth-order valence-corrected chi connectivity index (χ4v) is 2.64. The Kier molecular flexibility index (Phi) is 2.55. The highest BCUT2D eigenvalue weighted by atomic mass is 16.6. The first kappa shape index (κ1) is 13.1. The van der Waals surface area contributed by atoms with E-state index >= 15 is 0 Å². The summed E-state index contributed by atoms with van der Waals surface area (Å²) in [6.07, 6.45) is 1.51. The molecular formula is C15H8N4O4. The normalized spacial score (nSPS) is 13.7. The predicted molar refractivity (Wildman–Crippen MR) is 80.3 cm³/mol. The van der Waals surface area contributed by atoms with Crippen LogP contribution in [0.25, 0.3) is 11.0 Å². The van der Waals surface area contributed by atoms with Gasteiger partial charge in [-0.25, -0.2) is 9.88 Å². The average molecular weight is 308 g/mol. The van der Waals surface area contributed by atoms with Crippen molar-refractivity contribution in [2.45, 2.75) is 0 Å². The third kappa shape index (κ3) is 1.81. The quantitative estimate of drug-likeness (QED) is 0.443. The molecule has 8 heteroatoms. The lowest BCUT2D eigenvalue weighted by Gasteiger charge is -2.13. The number of H-pyrrole nitrogens is 1. The largest absolute Gasteiger partial charge is 0.345 e. The number of fused-ring (bicyclic) bond motifs is 2. The lowest BCUT2D eigenvalue weighted by Crippen LogP contribution is -2.29. The van der Waals surface area contributed by atoms with Crippen LogP contribution in [-0.4, -0.2) is 26.7 Å². The summed E-state index contributed by atoms with van der Waals surface area (Å²) in [5, 5.41) is 10.8. The van der Waals surface area contributed by atoms with Crippen molar-refractivity contribution in [3.05, 3.63) is 64.0 Å². The standard InChI is InChI=1S/C15H8N4O4/c20-14-10-3-1-9(19(22)23)5-11(10)15(21)18(14)8-2-4-12-13(6-8)17-7-16-12/h1-7H,(H,16,17). The second-order valence-corrected chi connectivity index (χ2v) is 5.04. The molecule has 1 aliphatic heterocycles. The van der Waals surface area contributed by atoms with Crippen LogP contribution in [0.2, 0.25) is 0 Å². The minimum absolute atomic E-state index is 0.0360. The molecule has 1 aliphatic rings. The number of amides is 2. The van der Waals surface area contributed by atoms with E-state index in [4.69, 9.17) is 0 Å². The average Bonchev–Trinajstić information content (AvgIpc) is 3.10. The van der Waals surface area contributed by atoms with Gasteiger partial charge in [-0.15, -0.1) is 0 Å². The Balaban J connectivity index is 1.83. The fourth-order valence-electron chi connectivity index (χ4n) is 2.64. The third-order valence-electron chi connectivity index (χ3n) is 3.74. The zero-order valence-electron chi connectivity index (χ0n) is 11.5. The summed E-state index contributed by atoms with van der Waals surface area (Å²) in [7, 11) is 0. The number of nitrogens with zero attached hydrogens (tertiary/aromatic N) is 3. The van der Waals surface area contributed by atoms with Gasteiger partial charge in [0, 0.05) is 12.1 Å². The van der Waals surface area contributed by atoms with Gasteiger partial charge in [0.05, 0.1) is 39.1 Å². The molecule has 0 radical (unpaired) electrons. The number of carbonyl (C=O) groups excluding carboxylic acids is 2. The van der Waals surface area contributed by atoms with Crippen LogP contribution in [0, 0.1) is 10.1 Å². The number of rotatable bonds is 2. The van der Waals surface area contributed by atoms with E-state index in [1.165, 1.54) is 18.5 Å². The molecule has 0 fully saturated rings. The molecule has 1 N–H and O–H groups in total. The number of benzene rings is 2. The number of imide groups is 1. The number of carbonyl (C=O) groups is 2. The molecule has 1 aromatic heterocycles. The summed E-state index contributed by atoms with van der Waals surface area (Å²) in [5.74, 6) is -1.08. The van der Waals surface area contributed by atoms with Gasteiger partial charge in [-0.05, 0) is 24.3 Å². The van der Waals surface area contributed by atoms with Crippen LogP contribution in [0.1, 0.15) is 20.7 Å². The maximum Gasteiger partial charge on any atom is 0.270 e. The minimum atomic E-state index is -0.600. The van der Waals surface area contributed by atoms with Crippen LogP contribution >= 0.6 is 0 Å². The molecule has 0 unspecified atom stereocenters. The molecule has 0 atom stereocenters. The number of nitrogens with one attached hydrogen (secondary N) is 1. The lowest BCUT2D eigenvalue weighted by molar-refractivity contribution is -0.384. The fraction of sp³-hybridized carbons (Fsp3) is 0. The van der Waals surface area contributed by atoms with Gasteiger partial charge in [0.15, 0.2) is 0 Å². The van der Waals surface area contributed by atoms with Gasteiger partial charge >= 0.3 is 0 Å². The number of nitro benzene ring substituents is 1. The summed E-state index contributed by atoms with van der Waals surface area (Å²) in [5.41, 5.74) is 1.75. The van der Waals surface area contributed by atoms with E-state index < -0.39 is 16.7 Å². The molecule has 3 aromatic rings. The SMILES string of the molecule is O=C1c2ccc([N+](=O)[O-])cc2C(=O)N1c1ccc2nc[nH]c2c1. The van der Waals surface area contributed by atoms with E-state index in [1.807, 2.05) is 0 Å². The molecule has 23 heavy (non-hydrogen) atoms. The molecular weight excluding hydrogens is 300 g/mol. The first-order valence-corrected chi connectivity index (χ1v) is 6.66. The Labute approximate surface area is 128 Å². The van der Waals surface area contributed by atoms with Crippen molar-refractivity contribution >= 4 is 34.2 Å². The zero-order valence-corrected chi connectivity index (χ0v) is 11.5. The Morgan fingerprint density at radius 2 is 1.83 bits per heavy atom. The van der Waals surface area contributed by atoms with Crippen molar-refractivity contribution in [3.8, 4) is 0 Å². The second kappa shape index (κ2) is 4.47. The van der Waals surface area contributed by atoms with Crippen molar-refractivity contribution in [1.82, 2.24) is 9.97 Å². The monoisotopic (exact) mass is 308 g/mol. The number of aromatic amines is 1. The van der Waals surface area contributed by atoms with Crippen LogP contribution in [-0.2, 0) is 0 Å². The molecule has 0 saturated heterocycles. The van der Waals surface area contributed by atoms with Gasteiger partial charge in [0.1, 0.15) is 0 Å². The number of anilines is 1. The summed E-state index contributed by atoms with van der Waals surface area (Å²) >= 11 is 0. The first-order valence-electron chi connectivity index (χ1n) is 6.66. The lowest BCUT2D eigenvalue weighted by atomic mass is 10.1. The Morgan fingerprint density at radius 3 is 2.61 bits per heavy atom. The van der Waals surface area contributed by atoms with E-state index in [2.05, 4.69) is 9.97 Å². The molecule has 112 valence electrons. The van der Waals surface area contributed by atoms with Crippen molar-refractivity contribution in [3.63, 3.8) is 0 Å². The number of imidazole rings is 1. The van der Waals surface area contributed by atoms with Crippen LogP contribution < -0.4 is 4.90 Å². The molecule has 2 aromatic carbocycles. The molecule has 0 aliphatic carbocycles.